The Morgan fingerprint density at radius 1 is 1.24 bits per heavy atom. The molecule has 0 bridgehead atoms. The summed E-state index contributed by atoms with van der Waals surface area (Å²) in [5.41, 5.74) is 1.88. The lowest BCUT2D eigenvalue weighted by Gasteiger charge is -2.26. The molecule has 29 heavy (non-hydrogen) atoms. The van der Waals surface area contributed by atoms with Gasteiger partial charge in [-0.15, -0.1) is 10.2 Å². The molecule has 0 spiro atoms. The highest BCUT2D eigenvalue weighted by molar-refractivity contribution is 5.95. The van der Waals surface area contributed by atoms with Crippen LogP contribution < -0.4 is 5.32 Å². The van der Waals surface area contributed by atoms with E-state index in [0.717, 1.165) is 5.69 Å². The zero-order valence-electron chi connectivity index (χ0n) is 15.6. The Bertz CT molecular complexity index is 1020. The molecular formula is C19H19F3N6O. The van der Waals surface area contributed by atoms with Crippen molar-refractivity contribution in [1.82, 2.24) is 29.9 Å². The van der Waals surface area contributed by atoms with Gasteiger partial charge in [-0.25, -0.2) is 4.68 Å². The largest absolute Gasteiger partial charge is 0.393 e. The first-order chi connectivity index (χ1) is 13.8. The second kappa shape index (κ2) is 7.34. The van der Waals surface area contributed by atoms with Gasteiger partial charge in [0.25, 0.3) is 5.91 Å². The number of fused-ring (bicyclic) bond motifs is 1. The molecule has 1 amide bonds. The van der Waals surface area contributed by atoms with Gasteiger partial charge in [-0.05, 0) is 25.5 Å². The van der Waals surface area contributed by atoms with E-state index in [4.69, 9.17) is 0 Å². The van der Waals surface area contributed by atoms with E-state index >= 15 is 0 Å². The van der Waals surface area contributed by atoms with Crippen molar-refractivity contribution < 1.29 is 18.0 Å². The molecule has 1 aromatic carbocycles. The first kappa shape index (κ1) is 19.2. The number of aromatic nitrogens is 5. The highest BCUT2D eigenvalue weighted by atomic mass is 19.4. The molecule has 4 rings (SSSR count). The average Bonchev–Trinajstić information content (AvgIpc) is 3.29. The lowest BCUT2D eigenvalue weighted by molar-refractivity contribution is -0.182. The fraction of sp³-hybridized carbons (Fsp3) is 0.368. The second-order valence-electron chi connectivity index (χ2n) is 6.99. The summed E-state index contributed by atoms with van der Waals surface area (Å²) in [4.78, 5) is 12.6. The van der Waals surface area contributed by atoms with Gasteiger partial charge in [-0.3, -0.25) is 4.79 Å². The minimum absolute atomic E-state index is 0.00581. The van der Waals surface area contributed by atoms with Gasteiger partial charge in [0.05, 0.1) is 35.6 Å². The van der Waals surface area contributed by atoms with Crippen molar-refractivity contribution in [1.29, 1.82) is 0 Å². The number of amides is 1. The molecule has 3 heterocycles. The monoisotopic (exact) mass is 404 g/mol. The van der Waals surface area contributed by atoms with E-state index in [1.807, 2.05) is 30.3 Å². The second-order valence-corrected chi connectivity index (χ2v) is 6.99. The summed E-state index contributed by atoms with van der Waals surface area (Å²) in [6.07, 6.45) is -2.57. The number of benzene rings is 1. The van der Waals surface area contributed by atoms with Crippen LogP contribution in [0, 0.1) is 12.8 Å². The maximum atomic E-state index is 13.1. The van der Waals surface area contributed by atoms with E-state index in [-0.39, 0.29) is 31.8 Å². The minimum atomic E-state index is -4.26. The van der Waals surface area contributed by atoms with E-state index in [1.165, 1.54) is 10.8 Å². The normalized spacial score (nSPS) is 16.5. The molecule has 1 atom stereocenters. The first-order valence-electron chi connectivity index (χ1n) is 9.20. The van der Waals surface area contributed by atoms with E-state index in [1.54, 1.807) is 11.6 Å². The number of nitrogens with one attached hydrogen (secondary N) is 1. The third-order valence-corrected chi connectivity index (χ3v) is 5.15. The quantitative estimate of drug-likeness (QED) is 0.726. The number of alkyl halides is 3. The maximum absolute atomic E-state index is 13.1. The lowest BCUT2D eigenvalue weighted by Crippen LogP contribution is -2.34. The Hall–Kier alpha value is -3.17. The molecular weight excluding hydrogens is 385 g/mol. The number of hydrogen-bond donors (Lipinski definition) is 1. The van der Waals surface area contributed by atoms with Gasteiger partial charge in [-0.1, -0.05) is 18.2 Å². The first-order valence-corrected chi connectivity index (χ1v) is 9.20. The van der Waals surface area contributed by atoms with Gasteiger partial charge in [0.15, 0.2) is 5.82 Å². The highest BCUT2D eigenvalue weighted by Crippen LogP contribution is 2.34. The van der Waals surface area contributed by atoms with Crippen molar-refractivity contribution in [2.45, 2.75) is 39.0 Å². The van der Waals surface area contributed by atoms with Crippen LogP contribution >= 0.6 is 0 Å². The number of carbonyl (C=O) groups is 1. The Morgan fingerprint density at radius 2 is 2.00 bits per heavy atom. The molecule has 2 aromatic heterocycles. The molecule has 3 aromatic rings. The summed E-state index contributed by atoms with van der Waals surface area (Å²) < 4.78 is 42.3. The number of aryl methyl sites for hydroxylation is 1. The van der Waals surface area contributed by atoms with Crippen molar-refractivity contribution in [3.05, 3.63) is 59.4 Å². The van der Waals surface area contributed by atoms with Crippen molar-refractivity contribution in [3.63, 3.8) is 0 Å². The zero-order chi connectivity index (χ0) is 20.6. The van der Waals surface area contributed by atoms with Crippen LogP contribution in [0.1, 0.15) is 34.1 Å². The van der Waals surface area contributed by atoms with Crippen LogP contribution in [0.2, 0.25) is 0 Å². The Labute approximate surface area is 164 Å². The zero-order valence-corrected chi connectivity index (χ0v) is 15.6. The number of hydrogen-bond acceptors (Lipinski definition) is 4. The molecule has 1 aliphatic rings. The molecule has 0 aliphatic carbocycles. The summed E-state index contributed by atoms with van der Waals surface area (Å²) >= 11 is 0. The maximum Gasteiger partial charge on any atom is 0.393 e. The van der Waals surface area contributed by atoms with Crippen LogP contribution in [0.3, 0.4) is 0 Å². The number of carbonyl (C=O) groups excluding carboxylic acids is 1. The molecule has 0 unspecified atom stereocenters. The molecule has 0 saturated carbocycles. The minimum Gasteiger partial charge on any atom is -0.345 e. The summed E-state index contributed by atoms with van der Waals surface area (Å²) in [5, 5.41) is 14.9. The molecule has 0 saturated heterocycles. The van der Waals surface area contributed by atoms with E-state index in [2.05, 4.69) is 20.6 Å². The van der Waals surface area contributed by atoms with Gasteiger partial charge < -0.3 is 9.88 Å². The molecule has 152 valence electrons. The molecule has 0 radical (unpaired) electrons. The van der Waals surface area contributed by atoms with Crippen molar-refractivity contribution in [2.24, 2.45) is 5.92 Å². The lowest BCUT2D eigenvalue weighted by atomic mass is 9.99. The van der Waals surface area contributed by atoms with Crippen LogP contribution in [0.4, 0.5) is 13.2 Å². The molecule has 7 nitrogen and oxygen atoms in total. The van der Waals surface area contributed by atoms with Crippen molar-refractivity contribution >= 4 is 5.91 Å². The Kier molecular flexibility index (Phi) is 4.85. The summed E-state index contributed by atoms with van der Waals surface area (Å²) in [6.45, 7) is 1.55. The Morgan fingerprint density at radius 3 is 2.72 bits per heavy atom. The number of para-hydroxylation sites is 1. The topological polar surface area (TPSA) is 77.6 Å². The van der Waals surface area contributed by atoms with Gasteiger partial charge in [0.1, 0.15) is 5.82 Å². The van der Waals surface area contributed by atoms with Crippen molar-refractivity contribution in [3.8, 4) is 5.69 Å². The fourth-order valence-corrected chi connectivity index (χ4v) is 3.50. The van der Waals surface area contributed by atoms with Crippen LogP contribution in [0.25, 0.3) is 5.69 Å². The predicted molar refractivity (Wildman–Crippen MR) is 97.4 cm³/mol. The smallest absolute Gasteiger partial charge is 0.345 e. The molecule has 1 N–H and O–H groups in total. The third kappa shape index (κ3) is 3.74. The van der Waals surface area contributed by atoms with E-state index < -0.39 is 12.1 Å². The Balaban J connectivity index is 1.47. The summed E-state index contributed by atoms with van der Waals surface area (Å²) in [7, 11) is 0. The number of halogens is 3. The fourth-order valence-electron chi connectivity index (χ4n) is 3.50. The highest BCUT2D eigenvalue weighted by Gasteiger charge is 2.42. The molecule has 0 fully saturated rings. The molecule has 1 aliphatic heterocycles. The van der Waals surface area contributed by atoms with Crippen LogP contribution in [-0.4, -0.2) is 36.6 Å². The average molecular weight is 404 g/mol. The number of nitrogens with zero attached hydrogens (tertiary/aromatic N) is 5. The summed E-state index contributed by atoms with van der Waals surface area (Å²) in [5.74, 6) is -0.963. The van der Waals surface area contributed by atoms with Gasteiger partial charge >= 0.3 is 6.18 Å². The van der Waals surface area contributed by atoms with Crippen LogP contribution in [0.5, 0.6) is 0 Å². The van der Waals surface area contributed by atoms with Gasteiger partial charge in [0, 0.05) is 13.0 Å². The van der Waals surface area contributed by atoms with Gasteiger partial charge in [-0.2, -0.15) is 18.3 Å². The molecule has 10 heteroatoms. The van der Waals surface area contributed by atoms with Crippen LogP contribution in [-0.2, 0) is 19.5 Å². The summed E-state index contributed by atoms with van der Waals surface area (Å²) in [6, 6.07) is 9.39. The predicted octanol–water partition coefficient (Wildman–Crippen LogP) is 2.83. The van der Waals surface area contributed by atoms with Crippen molar-refractivity contribution in [2.75, 3.05) is 0 Å². The SMILES string of the molecule is Cc1c(C(=O)NCc2nnc3n2C[C@@H](C(F)(F)F)CC3)cnn1-c1ccccc1. The van der Waals surface area contributed by atoms with Gasteiger partial charge in [0.2, 0.25) is 0 Å². The van der Waals surface area contributed by atoms with E-state index in [0.29, 0.717) is 22.9 Å². The standard InChI is InChI=1S/C19H19F3N6O/c1-12-15(9-24-28(12)14-5-3-2-4-6-14)18(29)23-10-17-26-25-16-8-7-13(11-27(16)17)19(20,21)22/h2-6,9,13H,7-8,10-11H2,1H3,(H,23,29)/t13-/m0/s1. The number of rotatable bonds is 4. The third-order valence-electron chi connectivity index (χ3n) is 5.15. The van der Waals surface area contributed by atoms with E-state index in [9.17, 15) is 18.0 Å². The van der Waals surface area contributed by atoms with Crippen LogP contribution in [0.15, 0.2) is 36.5 Å².